The van der Waals surface area contributed by atoms with Crippen LogP contribution in [0.3, 0.4) is 0 Å². The van der Waals surface area contributed by atoms with Crippen LogP contribution < -0.4 is 11.1 Å². The van der Waals surface area contributed by atoms with Crippen molar-refractivity contribution < 1.29 is 4.79 Å². The van der Waals surface area contributed by atoms with Crippen LogP contribution in [0.25, 0.3) is 0 Å². The van der Waals surface area contributed by atoms with Gasteiger partial charge in [0.2, 0.25) is 5.91 Å². The van der Waals surface area contributed by atoms with Gasteiger partial charge >= 0.3 is 0 Å². The van der Waals surface area contributed by atoms with Gasteiger partial charge in [-0.15, -0.1) is 0 Å². The molecule has 1 saturated carbocycles. The fraction of sp³-hybridized carbons (Fsp3) is 0.929. The van der Waals surface area contributed by atoms with Crippen molar-refractivity contribution in [3.63, 3.8) is 0 Å². The second-order valence-electron chi connectivity index (χ2n) is 6.00. The lowest BCUT2D eigenvalue weighted by molar-refractivity contribution is -0.119. The standard InChI is InChI=1S/C14H27N3O/c1-11(18)16-10-12-5-7-17(8-6-12)14-4-2-3-13(15)9-14/h12-14H,2-10,15H2,1H3,(H,16,18). The fourth-order valence-electron chi connectivity index (χ4n) is 3.34. The topological polar surface area (TPSA) is 58.4 Å². The van der Waals surface area contributed by atoms with E-state index < -0.39 is 0 Å². The second kappa shape index (κ2) is 6.53. The summed E-state index contributed by atoms with van der Waals surface area (Å²) in [7, 11) is 0. The number of likely N-dealkylation sites (tertiary alicyclic amines) is 1. The van der Waals surface area contributed by atoms with Crippen molar-refractivity contribution in [2.75, 3.05) is 19.6 Å². The maximum absolute atomic E-state index is 10.9. The van der Waals surface area contributed by atoms with Crippen LogP contribution in [0.4, 0.5) is 0 Å². The van der Waals surface area contributed by atoms with E-state index in [4.69, 9.17) is 5.73 Å². The van der Waals surface area contributed by atoms with Crippen LogP contribution in [0.1, 0.15) is 45.4 Å². The molecule has 18 heavy (non-hydrogen) atoms. The van der Waals surface area contributed by atoms with Crippen molar-refractivity contribution in [1.82, 2.24) is 10.2 Å². The highest BCUT2D eigenvalue weighted by atomic mass is 16.1. The Hall–Kier alpha value is -0.610. The van der Waals surface area contributed by atoms with Gasteiger partial charge in [-0.25, -0.2) is 0 Å². The van der Waals surface area contributed by atoms with Crippen LogP contribution >= 0.6 is 0 Å². The molecule has 1 aliphatic carbocycles. The van der Waals surface area contributed by atoms with Crippen LogP contribution in [-0.2, 0) is 4.79 Å². The summed E-state index contributed by atoms with van der Waals surface area (Å²) in [5.41, 5.74) is 6.07. The molecule has 3 N–H and O–H groups in total. The summed E-state index contributed by atoms with van der Waals surface area (Å²) in [4.78, 5) is 13.5. The van der Waals surface area contributed by atoms with E-state index in [2.05, 4.69) is 10.2 Å². The number of amides is 1. The monoisotopic (exact) mass is 253 g/mol. The van der Waals surface area contributed by atoms with E-state index in [1.807, 2.05) is 0 Å². The van der Waals surface area contributed by atoms with E-state index in [0.717, 1.165) is 12.6 Å². The molecule has 1 amide bonds. The smallest absolute Gasteiger partial charge is 0.216 e. The predicted octanol–water partition coefficient (Wildman–Crippen LogP) is 1.10. The van der Waals surface area contributed by atoms with E-state index in [-0.39, 0.29) is 5.91 Å². The third-order valence-corrected chi connectivity index (χ3v) is 4.49. The Morgan fingerprint density at radius 1 is 1.28 bits per heavy atom. The van der Waals surface area contributed by atoms with Crippen molar-refractivity contribution in [1.29, 1.82) is 0 Å². The molecule has 4 heteroatoms. The lowest BCUT2D eigenvalue weighted by atomic mass is 9.88. The van der Waals surface area contributed by atoms with Gasteiger partial charge in [0.1, 0.15) is 0 Å². The average Bonchev–Trinajstić information content (AvgIpc) is 2.37. The zero-order chi connectivity index (χ0) is 13.0. The van der Waals surface area contributed by atoms with Crippen LogP contribution in [-0.4, -0.2) is 42.5 Å². The number of hydrogen-bond donors (Lipinski definition) is 2. The summed E-state index contributed by atoms with van der Waals surface area (Å²) < 4.78 is 0. The van der Waals surface area contributed by atoms with Crippen molar-refractivity contribution >= 4 is 5.91 Å². The lowest BCUT2D eigenvalue weighted by Gasteiger charge is -2.40. The zero-order valence-electron chi connectivity index (χ0n) is 11.5. The third kappa shape index (κ3) is 3.95. The first-order chi connectivity index (χ1) is 8.65. The third-order valence-electron chi connectivity index (χ3n) is 4.49. The first kappa shape index (κ1) is 13.8. The van der Waals surface area contributed by atoms with E-state index in [9.17, 15) is 4.79 Å². The molecule has 0 spiro atoms. The summed E-state index contributed by atoms with van der Waals surface area (Å²) in [6.45, 7) is 4.81. The normalized spacial score (nSPS) is 31.2. The van der Waals surface area contributed by atoms with Crippen molar-refractivity contribution in [3.8, 4) is 0 Å². The Labute approximate surface area is 110 Å². The van der Waals surface area contributed by atoms with E-state index >= 15 is 0 Å². The SMILES string of the molecule is CC(=O)NCC1CCN(C2CCCC(N)C2)CC1. The number of carbonyl (C=O) groups is 1. The van der Waals surface area contributed by atoms with E-state index in [1.165, 1.54) is 51.6 Å². The molecule has 0 aromatic heterocycles. The van der Waals surface area contributed by atoms with Crippen molar-refractivity contribution in [3.05, 3.63) is 0 Å². The van der Waals surface area contributed by atoms with Crippen molar-refractivity contribution in [2.24, 2.45) is 11.7 Å². The molecule has 0 radical (unpaired) electrons. The first-order valence-electron chi connectivity index (χ1n) is 7.39. The van der Waals surface area contributed by atoms with Gasteiger partial charge in [-0.05, 0) is 51.1 Å². The molecule has 2 aliphatic rings. The fourth-order valence-corrected chi connectivity index (χ4v) is 3.34. The molecular formula is C14H27N3O. The number of nitrogens with two attached hydrogens (primary N) is 1. The summed E-state index contributed by atoms with van der Waals surface area (Å²) >= 11 is 0. The summed E-state index contributed by atoms with van der Waals surface area (Å²) in [5.74, 6) is 0.762. The van der Waals surface area contributed by atoms with E-state index in [0.29, 0.717) is 12.0 Å². The Morgan fingerprint density at radius 3 is 2.61 bits per heavy atom. The highest BCUT2D eigenvalue weighted by Gasteiger charge is 2.28. The molecule has 1 saturated heterocycles. The molecule has 2 unspecified atom stereocenters. The molecule has 2 rings (SSSR count). The van der Waals surface area contributed by atoms with Gasteiger partial charge in [0.25, 0.3) is 0 Å². The predicted molar refractivity (Wildman–Crippen MR) is 73.2 cm³/mol. The quantitative estimate of drug-likeness (QED) is 0.792. The van der Waals surface area contributed by atoms with Crippen molar-refractivity contribution in [2.45, 2.75) is 57.5 Å². The van der Waals surface area contributed by atoms with Gasteiger partial charge in [-0.2, -0.15) is 0 Å². The molecule has 104 valence electrons. The molecule has 0 aromatic carbocycles. The molecule has 2 atom stereocenters. The number of nitrogens with one attached hydrogen (secondary N) is 1. The molecule has 1 aliphatic heterocycles. The lowest BCUT2D eigenvalue weighted by Crippen LogP contribution is -2.47. The molecule has 0 aromatic rings. The maximum Gasteiger partial charge on any atom is 0.216 e. The maximum atomic E-state index is 10.9. The minimum absolute atomic E-state index is 0.0932. The zero-order valence-corrected chi connectivity index (χ0v) is 11.5. The van der Waals surface area contributed by atoms with Crippen LogP contribution in [0.15, 0.2) is 0 Å². The van der Waals surface area contributed by atoms with Gasteiger partial charge in [-0.1, -0.05) is 6.42 Å². The number of nitrogens with zero attached hydrogens (tertiary/aromatic N) is 1. The first-order valence-corrected chi connectivity index (χ1v) is 7.39. The Morgan fingerprint density at radius 2 is 2.00 bits per heavy atom. The van der Waals surface area contributed by atoms with Gasteiger partial charge < -0.3 is 16.0 Å². The Bertz CT molecular complexity index is 274. The van der Waals surface area contributed by atoms with Gasteiger partial charge in [0, 0.05) is 25.6 Å². The van der Waals surface area contributed by atoms with Gasteiger partial charge in [0.15, 0.2) is 0 Å². The van der Waals surface area contributed by atoms with Crippen LogP contribution in [0.2, 0.25) is 0 Å². The minimum Gasteiger partial charge on any atom is -0.356 e. The average molecular weight is 253 g/mol. The van der Waals surface area contributed by atoms with Crippen LogP contribution in [0, 0.1) is 5.92 Å². The number of rotatable bonds is 3. The minimum atomic E-state index is 0.0932. The summed E-state index contributed by atoms with van der Waals surface area (Å²) in [6.07, 6.45) is 7.42. The van der Waals surface area contributed by atoms with E-state index in [1.54, 1.807) is 6.92 Å². The number of hydrogen-bond acceptors (Lipinski definition) is 3. The Balaban J connectivity index is 1.71. The molecular weight excluding hydrogens is 226 g/mol. The highest BCUT2D eigenvalue weighted by Crippen LogP contribution is 2.26. The highest BCUT2D eigenvalue weighted by molar-refractivity contribution is 5.72. The molecule has 2 fully saturated rings. The van der Waals surface area contributed by atoms with Crippen LogP contribution in [0.5, 0.6) is 0 Å². The van der Waals surface area contributed by atoms with Gasteiger partial charge in [0.05, 0.1) is 0 Å². The second-order valence-corrected chi connectivity index (χ2v) is 6.00. The number of carbonyl (C=O) groups excluding carboxylic acids is 1. The summed E-state index contributed by atoms with van der Waals surface area (Å²) in [6, 6.07) is 1.14. The largest absolute Gasteiger partial charge is 0.356 e. The van der Waals surface area contributed by atoms with Gasteiger partial charge in [-0.3, -0.25) is 4.79 Å². The molecule has 4 nitrogen and oxygen atoms in total. The molecule has 1 heterocycles. The number of piperidine rings is 1. The molecule has 0 bridgehead atoms. The summed E-state index contributed by atoms with van der Waals surface area (Å²) in [5, 5.41) is 2.94. The Kier molecular flexibility index (Phi) is 5.01.